The normalized spacial score (nSPS) is 9.76. The summed E-state index contributed by atoms with van der Waals surface area (Å²) in [6.45, 7) is 0. The van der Waals surface area contributed by atoms with Gasteiger partial charge in [-0.15, -0.1) is 0 Å². The Hall–Kier alpha value is -3.07. The minimum atomic E-state index is -1.14. The Morgan fingerprint density at radius 3 is 2.48 bits per heavy atom. The van der Waals surface area contributed by atoms with E-state index in [1.54, 1.807) is 0 Å². The van der Waals surface area contributed by atoms with E-state index in [2.05, 4.69) is 0 Å². The van der Waals surface area contributed by atoms with E-state index in [-0.39, 0.29) is 28.4 Å². The number of rotatable bonds is 4. The van der Waals surface area contributed by atoms with Crippen molar-refractivity contribution >= 4 is 5.97 Å². The van der Waals surface area contributed by atoms with Gasteiger partial charge in [-0.25, -0.2) is 9.18 Å². The zero-order valence-electron chi connectivity index (χ0n) is 11.0. The maximum Gasteiger partial charge on any atom is 0.335 e. The molecular formula is C15H10FNO4. The molecule has 0 bridgehead atoms. The number of hydrogen-bond donors (Lipinski definition) is 1. The van der Waals surface area contributed by atoms with E-state index in [1.807, 2.05) is 6.07 Å². The molecular weight excluding hydrogens is 277 g/mol. The van der Waals surface area contributed by atoms with Crippen molar-refractivity contribution in [1.82, 2.24) is 0 Å². The summed E-state index contributed by atoms with van der Waals surface area (Å²) < 4.78 is 24.2. The fourth-order valence-corrected chi connectivity index (χ4v) is 1.66. The lowest BCUT2D eigenvalue weighted by Crippen LogP contribution is -1.99. The first-order valence-corrected chi connectivity index (χ1v) is 5.84. The van der Waals surface area contributed by atoms with Crippen LogP contribution in [-0.2, 0) is 0 Å². The van der Waals surface area contributed by atoms with Gasteiger partial charge in [0.2, 0.25) is 0 Å². The molecule has 0 spiro atoms. The molecule has 0 fully saturated rings. The Bertz CT molecular complexity index is 737. The molecule has 0 amide bonds. The quantitative estimate of drug-likeness (QED) is 0.934. The van der Waals surface area contributed by atoms with Crippen molar-refractivity contribution in [1.29, 1.82) is 5.26 Å². The molecule has 6 heteroatoms. The van der Waals surface area contributed by atoms with Crippen molar-refractivity contribution in [2.75, 3.05) is 7.11 Å². The van der Waals surface area contributed by atoms with Gasteiger partial charge in [0.1, 0.15) is 0 Å². The first-order valence-electron chi connectivity index (χ1n) is 5.84. The van der Waals surface area contributed by atoms with E-state index < -0.39 is 11.8 Å². The first-order chi connectivity index (χ1) is 10.0. The summed E-state index contributed by atoms with van der Waals surface area (Å²) in [6, 6.07) is 9.53. The monoisotopic (exact) mass is 287 g/mol. The Kier molecular flexibility index (Phi) is 4.05. The van der Waals surface area contributed by atoms with Crippen LogP contribution < -0.4 is 9.47 Å². The summed E-state index contributed by atoms with van der Waals surface area (Å²) in [5.74, 6) is -1.65. The summed E-state index contributed by atoms with van der Waals surface area (Å²) in [5.41, 5.74) is 0.144. The topological polar surface area (TPSA) is 79.6 Å². The lowest BCUT2D eigenvalue weighted by atomic mass is 10.2. The van der Waals surface area contributed by atoms with Gasteiger partial charge in [-0.1, -0.05) is 0 Å². The predicted molar refractivity (Wildman–Crippen MR) is 71.1 cm³/mol. The molecule has 0 saturated carbocycles. The van der Waals surface area contributed by atoms with E-state index in [0.29, 0.717) is 0 Å². The van der Waals surface area contributed by atoms with E-state index >= 15 is 0 Å². The number of hydrogen-bond acceptors (Lipinski definition) is 4. The molecule has 0 saturated heterocycles. The van der Waals surface area contributed by atoms with Gasteiger partial charge >= 0.3 is 5.97 Å². The lowest BCUT2D eigenvalue weighted by molar-refractivity contribution is 0.0696. The third-order valence-electron chi connectivity index (χ3n) is 2.69. The molecule has 0 aliphatic rings. The first kappa shape index (κ1) is 14.3. The van der Waals surface area contributed by atoms with Crippen LogP contribution in [0, 0.1) is 17.1 Å². The van der Waals surface area contributed by atoms with E-state index in [4.69, 9.17) is 19.8 Å². The van der Waals surface area contributed by atoms with Crippen molar-refractivity contribution in [3.63, 3.8) is 0 Å². The Morgan fingerprint density at radius 2 is 1.90 bits per heavy atom. The van der Waals surface area contributed by atoms with Crippen LogP contribution in [0.25, 0.3) is 0 Å². The molecule has 2 aromatic carbocycles. The lowest BCUT2D eigenvalue weighted by Gasteiger charge is -2.11. The number of ether oxygens (including phenoxy) is 2. The van der Waals surface area contributed by atoms with Crippen LogP contribution >= 0.6 is 0 Å². The van der Waals surface area contributed by atoms with E-state index in [0.717, 1.165) is 6.07 Å². The molecule has 5 nitrogen and oxygen atoms in total. The number of methoxy groups -OCH3 is 1. The molecule has 2 rings (SSSR count). The second-order valence-corrected chi connectivity index (χ2v) is 4.03. The summed E-state index contributed by atoms with van der Waals surface area (Å²) in [5, 5.41) is 17.6. The number of aromatic carboxylic acids is 1. The molecule has 0 aliphatic carbocycles. The number of carbonyl (C=O) groups is 1. The number of carboxylic acid groups (broad SMARTS) is 1. The van der Waals surface area contributed by atoms with Crippen molar-refractivity contribution in [2.24, 2.45) is 0 Å². The minimum Gasteiger partial charge on any atom is -0.493 e. The Labute approximate surface area is 119 Å². The van der Waals surface area contributed by atoms with Crippen LogP contribution in [0.2, 0.25) is 0 Å². The molecule has 0 radical (unpaired) electrons. The summed E-state index contributed by atoms with van der Waals surface area (Å²) in [6.07, 6.45) is 0. The van der Waals surface area contributed by atoms with Gasteiger partial charge in [0.25, 0.3) is 0 Å². The zero-order valence-corrected chi connectivity index (χ0v) is 11.0. The van der Waals surface area contributed by atoms with E-state index in [9.17, 15) is 9.18 Å². The fourth-order valence-electron chi connectivity index (χ4n) is 1.66. The second-order valence-electron chi connectivity index (χ2n) is 4.03. The third kappa shape index (κ3) is 3.09. The number of benzene rings is 2. The van der Waals surface area contributed by atoms with Gasteiger partial charge < -0.3 is 14.6 Å². The predicted octanol–water partition coefficient (Wildman–Crippen LogP) is 3.20. The van der Waals surface area contributed by atoms with Crippen LogP contribution in [0.1, 0.15) is 15.9 Å². The molecule has 106 valence electrons. The third-order valence-corrected chi connectivity index (χ3v) is 2.69. The molecule has 1 N–H and O–H groups in total. The zero-order chi connectivity index (χ0) is 15.4. The number of nitrogens with zero attached hydrogens (tertiary/aromatic N) is 1. The average molecular weight is 287 g/mol. The van der Waals surface area contributed by atoms with Crippen molar-refractivity contribution in [3.8, 4) is 23.3 Å². The summed E-state index contributed by atoms with van der Waals surface area (Å²) >= 11 is 0. The highest BCUT2D eigenvalue weighted by atomic mass is 19.1. The van der Waals surface area contributed by atoms with Gasteiger partial charge in [-0.05, 0) is 36.4 Å². The van der Waals surface area contributed by atoms with Crippen LogP contribution in [0.4, 0.5) is 4.39 Å². The maximum atomic E-state index is 13.8. The highest BCUT2D eigenvalue weighted by molar-refractivity contribution is 5.88. The SMILES string of the molecule is COc1ccc(C(=O)O)cc1Oc1ccc(C#N)cc1F. The molecule has 0 unspecified atom stereocenters. The smallest absolute Gasteiger partial charge is 0.335 e. The van der Waals surface area contributed by atoms with Gasteiger partial charge in [0, 0.05) is 0 Å². The highest BCUT2D eigenvalue weighted by Crippen LogP contribution is 2.33. The number of halogens is 1. The molecule has 0 heterocycles. The van der Waals surface area contributed by atoms with Crippen molar-refractivity contribution in [2.45, 2.75) is 0 Å². The standard InChI is InChI=1S/C15H10FNO4/c1-20-13-5-3-10(15(18)19)7-14(13)21-12-4-2-9(8-17)6-11(12)16/h2-7H,1H3,(H,18,19). The Balaban J connectivity index is 2.40. The van der Waals surface area contributed by atoms with Crippen molar-refractivity contribution < 1.29 is 23.8 Å². The van der Waals surface area contributed by atoms with Gasteiger partial charge in [0.05, 0.1) is 24.3 Å². The van der Waals surface area contributed by atoms with Crippen LogP contribution in [-0.4, -0.2) is 18.2 Å². The molecule has 0 aromatic heterocycles. The van der Waals surface area contributed by atoms with E-state index in [1.165, 1.54) is 37.4 Å². The fraction of sp³-hybridized carbons (Fsp3) is 0.0667. The van der Waals surface area contributed by atoms with Crippen LogP contribution in [0.5, 0.6) is 17.2 Å². The summed E-state index contributed by atoms with van der Waals surface area (Å²) in [7, 11) is 1.39. The van der Waals surface area contributed by atoms with Gasteiger partial charge in [-0.3, -0.25) is 0 Å². The minimum absolute atomic E-state index is 0.0140. The van der Waals surface area contributed by atoms with Crippen LogP contribution in [0.3, 0.4) is 0 Å². The average Bonchev–Trinajstić information content (AvgIpc) is 2.49. The molecule has 2 aromatic rings. The maximum absolute atomic E-state index is 13.8. The molecule has 0 atom stereocenters. The number of carboxylic acids is 1. The summed E-state index contributed by atoms with van der Waals surface area (Å²) in [4.78, 5) is 10.9. The molecule has 21 heavy (non-hydrogen) atoms. The van der Waals surface area contributed by atoms with Gasteiger partial charge in [-0.2, -0.15) is 5.26 Å². The largest absolute Gasteiger partial charge is 0.493 e. The van der Waals surface area contributed by atoms with Crippen molar-refractivity contribution in [3.05, 3.63) is 53.3 Å². The number of nitriles is 1. The second kappa shape index (κ2) is 5.92. The highest BCUT2D eigenvalue weighted by Gasteiger charge is 2.13. The van der Waals surface area contributed by atoms with Crippen LogP contribution in [0.15, 0.2) is 36.4 Å². The Morgan fingerprint density at radius 1 is 1.19 bits per heavy atom. The molecule has 0 aliphatic heterocycles. The van der Waals surface area contributed by atoms with Gasteiger partial charge in [0.15, 0.2) is 23.1 Å².